The van der Waals surface area contributed by atoms with Crippen molar-refractivity contribution >= 4 is 49.2 Å². The van der Waals surface area contributed by atoms with E-state index < -0.39 is 44.3 Å². The fourth-order valence-electron chi connectivity index (χ4n) is 4.08. The van der Waals surface area contributed by atoms with E-state index in [4.69, 9.17) is 9.47 Å². The highest BCUT2D eigenvalue weighted by Crippen LogP contribution is 2.63. The lowest BCUT2D eigenvalue weighted by Crippen LogP contribution is -2.33. The molecule has 0 unspecified atom stereocenters. The monoisotopic (exact) mass is 578 g/mol. The molecule has 1 spiro atoms. The van der Waals surface area contributed by atoms with Crippen molar-refractivity contribution in [1.29, 1.82) is 0 Å². The maximum absolute atomic E-state index is 12.8. The maximum atomic E-state index is 12.8. The number of ether oxygens (including phenoxy) is 2. The number of hydrogen-bond acceptors (Lipinski definition) is 9. The summed E-state index contributed by atoms with van der Waals surface area (Å²) in [5.41, 5.74) is -3.03. The molecule has 0 aliphatic carbocycles. The molecule has 2 aliphatic heterocycles. The molecule has 2 aliphatic rings. The summed E-state index contributed by atoms with van der Waals surface area (Å²) in [5, 5.41) is 43.9. The van der Waals surface area contributed by atoms with Crippen LogP contribution in [0.1, 0.15) is 27.0 Å². The zero-order chi connectivity index (χ0) is 23.8. The number of phenols is 2. The minimum Gasteiger partial charge on any atom is -0.501 e. The third kappa shape index (κ3) is 2.63. The smallest absolute Gasteiger partial charge is 0.340 e. The van der Waals surface area contributed by atoms with Gasteiger partial charge in [-0.05, 0) is 37.9 Å². The van der Waals surface area contributed by atoms with Crippen LogP contribution < -0.4 is 4.74 Å². The van der Waals surface area contributed by atoms with Gasteiger partial charge in [0.05, 0.1) is 26.5 Å². The number of nitro benzene ring substituents is 2. The van der Waals surface area contributed by atoms with Gasteiger partial charge in [0.2, 0.25) is 11.5 Å². The molecule has 0 fully saturated rings. The van der Waals surface area contributed by atoms with Crippen LogP contribution in [-0.4, -0.2) is 26.0 Å². The van der Waals surface area contributed by atoms with Gasteiger partial charge in [-0.3, -0.25) is 20.2 Å². The standard InChI is InChI=1S/C20H8Br2N2O9/c21-13-15(25)11(23(28)29)5-9-17(13)32-18-10(6-12(24(30)31)16(26)14(18)22)20(9)8-4-2-1-3-7(8)19(27)33-20/h1-6,25-26H. The van der Waals surface area contributed by atoms with E-state index in [1.807, 2.05) is 0 Å². The van der Waals surface area contributed by atoms with E-state index in [2.05, 4.69) is 31.9 Å². The number of phenolic OH excluding ortho intramolecular Hbond substituents is 2. The van der Waals surface area contributed by atoms with E-state index in [1.54, 1.807) is 12.1 Å². The van der Waals surface area contributed by atoms with Gasteiger partial charge >= 0.3 is 17.3 Å². The fourth-order valence-corrected chi connectivity index (χ4v) is 5.08. The number of esters is 1. The van der Waals surface area contributed by atoms with Gasteiger partial charge in [-0.1, -0.05) is 18.2 Å². The minimum atomic E-state index is -1.90. The molecule has 0 amide bonds. The lowest BCUT2D eigenvalue weighted by atomic mass is 9.77. The van der Waals surface area contributed by atoms with Crippen molar-refractivity contribution in [2.45, 2.75) is 5.60 Å². The van der Waals surface area contributed by atoms with Gasteiger partial charge in [0.1, 0.15) is 8.95 Å². The number of nitrogens with zero attached hydrogens (tertiary/aromatic N) is 2. The highest BCUT2D eigenvalue weighted by atomic mass is 79.9. The molecule has 0 aromatic heterocycles. The predicted octanol–water partition coefficient (Wildman–Crippen LogP) is 5.01. The number of benzene rings is 3. The molecule has 2 N–H and O–H groups in total. The van der Waals surface area contributed by atoms with Crippen molar-refractivity contribution < 1.29 is 34.3 Å². The van der Waals surface area contributed by atoms with Crippen LogP contribution in [0, 0.1) is 20.2 Å². The summed E-state index contributed by atoms with van der Waals surface area (Å²) in [6, 6.07) is 8.18. The van der Waals surface area contributed by atoms with Crippen molar-refractivity contribution in [3.8, 4) is 23.0 Å². The number of nitro groups is 2. The summed E-state index contributed by atoms with van der Waals surface area (Å²) in [4.78, 5) is 34.4. The van der Waals surface area contributed by atoms with Crippen molar-refractivity contribution in [2.75, 3.05) is 0 Å². The molecular formula is C20H8Br2N2O9. The number of aromatic hydroxyl groups is 2. The van der Waals surface area contributed by atoms with Gasteiger partial charge in [-0.25, -0.2) is 4.79 Å². The first-order valence-corrected chi connectivity index (χ1v) is 10.6. The van der Waals surface area contributed by atoms with Crippen molar-refractivity contribution in [1.82, 2.24) is 0 Å². The quantitative estimate of drug-likeness (QED) is 0.241. The summed E-state index contributed by atoms with van der Waals surface area (Å²) in [7, 11) is 0. The Labute approximate surface area is 199 Å². The van der Waals surface area contributed by atoms with E-state index in [-0.39, 0.29) is 42.7 Å². The Bertz CT molecular complexity index is 1380. The van der Waals surface area contributed by atoms with Crippen molar-refractivity contribution in [3.63, 3.8) is 0 Å². The minimum absolute atomic E-state index is 0.0448. The second kappa shape index (κ2) is 6.89. The van der Waals surface area contributed by atoms with E-state index in [0.29, 0.717) is 0 Å². The number of rotatable bonds is 2. The lowest BCUT2D eigenvalue weighted by Gasteiger charge is -2.37. The van der Waals surface area contributed by atoms with Crippen LogP contribution in [0.15, 0.2) is 45.3 Å². The summed E-state index contributed by atoms with van der Waals surface area (Å²) < 4.78 is 11.2. The first kappa shape index (κ1) is 21.2. The number of fused-ring (bicyclic) bond motifs is 6. The number of hydrogen-bond donors (Lipinski definition) is 2. The van der Waals surface area contributed by atoms with Gasteiger partial charge in [-0.2, -0.15) is 0 Å². The van der Waals surface area contributed by atoms with Crippen LogP contribution in [-0.2, 0) is 10.3 Å². The van der Waals surface area contributed by atoms with Crippen LogP contribution in [0.2, 0.25) is 0 Å². The average molecular weight is 580 g/mol. The molecule has 0 bridgehead atoms. The van der Waals surface area contributed by atoms with Gasteiger partial charge in [-0.15, -0.1) is 0 Å². The third-order valence-electron chi connectivity index (χ3n) is 5.48. The molecule has 0 saturated heterocycles. The lowest BCUT2D eigenvalue weighted by molar-refractivity contribution is -0.386. The predicted molar refractivity (Wildman–Crippen MR) is 117 cm³/mol. The summed E-state index contributed by atoms with van der Waals surface area (Å²) >= 11 is 6.19. The average Bonchev–Trinajstić information content (AvgIpc) is 3.07. The second-order valence-corrected chi connectivity index (χ2v) is 8.69. The van der Waals surface area contributed by atoms with E-state index in [1.165, 1.54) is 12.1 Å². The Kier molecular flexibility index (Phi) is 4.42. The molecule has 33 heavy (non-hydrogen) atoms. The van der Waals surface area contributed by atoms with Gasteiger partial charge in [0.25, 0.3) is 0 Å². The molecule has 0 saturated carbocycles. The highest BCUT2D eigenvalue weighted by molar-refractivity contribution is 9.11. The Morgan fingerprint density at radius 2 is 1.33 bits per heavy atom. The number of carbonyl (C=O) groups excluding carboxylic acids is 1. The molecule has 11 nitrogen and oxygen atoms in total. The molecule has 3 aromatic carbocycles. The maximum Gasteiger partial charge on any atom is 0.340 e. The van der Waals surface area contributed by atoms with E-state index in [9.17, 15) is 35.2 Å². The molecule has 13 heteroatoms. The second-order valence-electron chi connectivity index (χ2n) is 7.10. The Balaban J connectivity index is 2.00. The van der Waals surface area contributed by atoms with Crippen molar-refractivity contribution in [2.24, 2.45) is 0 Å². The summed E-state index contributed by atoms with van der Waals surface area (Å²) in [5.74, 6) is -2.52. The third-order valence-corrected chi connectivity index (χ3v) is 6.95. The Morgan fingerprint density at radius 3 is 1.82 bits per heavy atom. The van der Waals surface area contributed by atoms with E-state index >= 15 is 0 Å². The number of halogens is 2. The first-order valence-electron chi connectivity index (χ1n) is 9.01. The van der Waals surface area contributed by atoms with E-state index in [0.717, 1.165) is 12.1 Å². The van der Waals surface area contributed by atoms with Crippen molar-refractivity contribution in [3.05, 3.63) is 87.8 Å². The molecular weight excluding hydrogens is 572 g/mol. The largest absolute Gasteiger partial charge is 0.501 e. The molecule has 0 atom stereocenters. The van der Waals surface area contributed by atoms with Crippen LogP contribution in [0.3, 0.4) is 0 Å². The normalized spacial score (nSPS) is 14.7. The van der Waals surface area contributed by atoms with Crippen LogP contribution in [0.5, 0.6) is 23.0 Å². The van der Waals surface area contributed by atoms with Crippen LogP contribution in [0.25, 0.3) is 0 Å². The molecule has 0 radical (unpaired) electrons. The summed E-state index contributed by atoms with van der Waals surface area (Å²) in [6.07, 6.45) is 0. The Morgan fingerprint density at radius 1 is 0.848 bits per heavy atom. The van der Waals surface area contributed by atoms with Gasteiger partial charge < -0.3 is 19.7 Å². The van der Waals surface area contributed by atoms with Crippen LogP contribution in [0.4, 0.5) is 11.4 Å². The SMILES string of the molecule is O=C1OC2(c3ccccc31)c1cc([N+](=O)[O-])c(O)c(Br)c1Oc1c2cc([N+](=O)[O-])c(O)c1Br. The zero-order valence-electron chi connectivity index (χ0n) is 15.9. The highest BCUT2D eigenvalue weighted by Gasteiger charge is 2.56. The number of carbonyl (C=O) groups is 1. The first-order chi connectivity index (χ1) is 15.6. The topological polar surface area (TPSA) is 162 Å². The summed E-state index contributed by atoms with van der Waals surface area (Å²) in [6.45, 7) is 0. The molecule has 2 heterocycles. The molecule has 166 valence electrons. The fraction of sp³-hybridized carbons (Fsp3) is 0.0500. The van der Waals surface area contributed by atoms with Crippen LogP contribution >= 0.6 is 31.9 Å². The Hall–Kier alpha value is -3.71. The molecule has 5 rings (SSSR count). The van der Waals surface area contributed by atoms with Gasteiger partial charge in [0.15, 0.2) is 17.1 Å². The van der Waals surface area contributed by atoms with Gasteiger partial charge in [0, 0.05) is 17.7 Å². The zero-order valence-corrected chi connectivity index (χ0v) is 19.0. The molecule has 3 aromatic rings.